The highest BCUT2D eigenvalue weighted by atomic mass is 79.9. The van der Waals surface area contributed by atoms with Crippen molar-refractivity contribution >= 4 is 28.1 Å². The molecule has 2 rings (SSSR count). The number of benzene rings is 2. The number of rotatable bonds is 4. The average Bonchev–Trinajstić information content (AvgIpc) is 2.48. The molecule has 0 aliphatic heterocycles. The quantitative estimate of drug-likeness (QED) is 0.680. The van der Waals surface area contributed by atoms with Crippen LogP contribution in [-0.2, 0) is 0 Å². The summed E-state index contributed by atoms with van der Waals surface area (Å²) in [5.41, 5.74) is 4.91. The van der Waals surface area contributed by atoms with Crippen molar-refractivity contribution < 1.29 is 9.53 Å². The van der Waals surface area contributed by atoms with Gasteiger partial charge in [-0.1, -0.05) is 18.2 Å². The topological polar surface area (TPSA) is 50.7 Å². The van der Waals surface area contributed by atoms with E-state index in [-0.39, 0.29) is 5.91 Å². The molecule has 2 aromatic carbocycles. The van der Waals surface area contributed by atoms with E-state index >= 15 is 0 Å². The molecular formula is C16H15BrN2O2. The van der Waals surface area contributed by atoms with Crippen LogP contribution in [0.1, 0.15) is 21.5 Å². The molecule has 0 atom stereocenters. The van der Waals surface area contributed by atoms with Crippen molar-refractivity contribution in [1.29, 1.82) is 0 Å². The number of aryl methyl sites for hydroxylation is 1. The Hall–Kier alpha value is -2.14. The Balaban J connectivity index is 2.04. The molecule has 0 unspecified atom stereocenters. The molecule has 2 aromatic rings. The van der Waals surface area contributed by atoms with Crippen LogP contribution in [0.5, 0.6) is 5.75 Å². The van der Waals surface area contributed by atoms with Crippen LogP contribution < -0.4 is 10.2 Å². The SMILES string of the molecule is COc1ccc(/C=N/NC(=O)c2ccccc2C)cc1Br. The Kier molecular flexibility index (Phi) is 5.11. The largest absolute Gasteiger partial charge is 0.496 e. The molecule has 0 saturated heterocycles. The third-order valence-electron chi connectivity index (χ3n) is 2.95. The fourth-order valence-corrected chi connectivity index (χ4v) is 2.37. The second-order valence-electron chi connectivity index (χ2n) is 4.41. The van der Waals surface area contributed by atoms with Gasteiger partial charge in [0.05, 0.1) is 17.8 Å². The molecular weight excluding hydrogens is 332 g/mol. The van der Waals surface area contributed by atoms with E-state index < -0.39 is 0 Å². The van der Waals surface area contributed by atoms with Crippen LogP contribution in [0.15, 0.2) is 52.0 Å². The summed E-state index contributed by atoms with van der Waals surface area (Å²) in [6, 6.07) is 12.9. The molecule has 0 aromatic heterocycles. The number of nitrogens with one attached hydrogen (secondary N) is 1. The van der Waals surface area contributed by atoms with Gasteiger partial charge in [-0.25, -0.2) is 5.43 Å². The summed E-state index contributed by atoms with van der Waals surface area (Å²) in [5.74, 6) is 0.521. The van der Waals surface area contributed by atoms with Gasteiger partial charge in [0.15, 0.2) is 0 Å². The molecule has 0 radical (unpaired) electrons. The number of hydrogen-bond donors (Lipinski definition) is 1. The van der Waals surface area contributed by atoms with Crippen LogP contribution in [0, 0.1) is 6.92 Å². The number of halogens is 1. The number of ether oxygens (including phenoxy) is 1. The van der Waals surface area contributed by atoms with Crippen LogP contribution in [0.4, 0.5) is 0 Å². The van der Waals surface area contributed by atoms with Crippen molar-refractivity contribution in [2.45, 2.75) is 6.92 Å². The second kappa shape index (κ2) is 7.04. The van der Waals surface area contributed by atoms with E-state index in [2.05, 4.69) is 26.5 Å². The third kappa shape index (κ3) is 3.92. The lowest BCUT2D eigenvalue weighted by atomic mass is 10.1. The number of carbonyl (C=O) groups excluding carboxylic acids is 1. The maximum Gasteiger partial charge on any atom is 0.271 e. The molecule has 0 saturated carbocycles. The maximum absolute atomic E-state index is 12.0. The predicted molar refractivity (Wildman–Crippen MR) is 86.9 cm³/mol. The fraction of sp³-hybridized carbons (Fsp3) is 0.125. The summed E-state index contributed by atoms with van der Waals surface area (Å²) < 4.78 is 5.99. The van der Waals surface area contributed by atoms with E-state index in [1.165, 1.54) is 0 Å². The Bertz CT molecular complexity index is 684. The van der Waals surface area contributed by atoms with Gasteiger partial charge in [0.1, 0.15) is 5.75 Å². The number of hydrazone groups is 1. The van der Waals surface area contributed by atoms with Crippen molar-refractivity contribution in [3.63, 3.8) is 0 Å². The molecule has 21 heavy (non-hydrogen) atoms. The lowest BCUT2D eigenvalue weighted by Gasteiger charge is -2.04. The van der Waals surface area contributed by atoms with E-state index in [0.29, 0.717) is 5.56 Å². The molecule has 0 bridgehead atoms. The first kappa shape index (κ1) is 15.3. The molecule has 1 amide bonds. The summed E-state index contributed by atoms with van der Waals surface area (Å²) in [4.78, 5) is 12.0. The Labute approximate surface area is 132 Å². The van der Waals surface area contributed by atoms with E-state index in [9.17, 15) is 4.79 Å². The van der Waals surface area contributed by atoms with Gasteiger partial charge in [0.25, 0.3) is 5.91 Å². The maximum atomic E-state index is 12.0. The average molecular weight is 347 g/mol. The zero-order valence-corrected chi connectivity index (χ0v) is 13.3. The van der Waals surface area contributed by atoms with Gasteiger partial charge in [-0.2, -0.15) is 5.10 Å². The van der Waals surface area contributed by atoms with Crippen molar-refractivity contribution in [3.8, 4) is 5.75 Å². The van der Waals surface area contributed by atoms with Gasteiger partial charge in [-0.3, -0.25) is 4.79 Å². The van der Waals surface area contributed by atoms with Gasteiger partial charge >= 0.3 is 0 Å². The number of carbonyl (C=O) groups is 1. The van der Waals surface area contributed by atoms with Crippen molar-refractivity contribution in [1.82, 2.24) is 5.43 Å². The molecule has 1 N–H and O–H groups in total. The Morgan fingerprint density at radius 1 is 1.29 bits per heavy atom. The molecule has 0 aliphatic rings. The lowest BCUT2D eigenvalue weighted by Crippen LogP contribution is -2.18. The van der Waals surface area contributed by atoms with Crippen LogP contribution in [-0.4, -0.2) is 19.2 Å². The number of methoxy groups -OCH3 is 1. The molecule has 0 spiro atoms. The molecule has 108 valence electrons. The minimum absolute atomic E-state index is 0.225. The number of amides is 1. The van der Waals surface area contributed by atoms with Gasteiger partial charge in [0.2, 0.25) is 0 Å². The smallest absolute Gasteiger partial charge is 0.271 e. The minimum atomic E-state index is -0.225. The predicted octanol–water partition coefficient (Wildman–Crippen LogP) is 3.53. The molecule has 5 heteroatoms. The van der Waals surface area contributed by atoms with Gasteiger partial charge in [0, 0.05) is 5.56 Å². The zero-order chi connectivity index (χ0) is 15.2. The van der Waals surface area contributed by atoms with Gasteiger partial charge in [-0.05, 0) is 58.2 Å². The monoisotopic (exact) mass is 346 g/mol. The molecule has 0 heterocycles. The molecule has 0 aliphatic carbocycles. The standard InChI is InChI=1S/C16H15BrN2O2/c1-11-5-3-4-6-13(11)16(20)19-18-10-12-7-8-15(21-2)14(17)9-12/h3-10H,1-2H3,(H,19,20)/b18-10+. The highest BCUT2D eigenvalue weighted by Crippen LogP contribution is 2.24. The van der Waals surface area contributed by atoms with Crippen LogP contribution in [0.2, 0.25) is 0 Å². The summed E-state index contributed by atoms with van der Waals surface area (Å²) in [6.07, 6.45) is 1.58. The summed E-state index contributed by atoms with van der Waals surface area (Å²) in [7, 11) is 1.61. The number of hydrogen-bond acceptors (Lipinski definition) is 3. The normalized spacial score (nSPS) is 10.6. The van der Waals surface area contributed by atoms with E-state index in [4.69, 9.17) is 4.74 Å². The van der Waals surface area contributed by atoms with Crippen molar-refractivity contribution in [2.24, 2.45) is 5.10 Å². The van der Waals surface area contributed by atoms with Gasteiger partial charge < -0.3 is 4.74 Å². The van der Waals surface area contributed by atoms with E-state index in [1.807, 2.05) is 43.3 Å². The van der Waals surface area contributed by atoms with Crippen molar-refractivity contribution in [3.05, 3.63) is 63.6 Å². The number of nitrogens with zero attached hydrogens (tertiary/aromatic N) is 1. The lowest BCUT2D eigenvalue weighted by molar-refractivity contribution is 0.0954. The van der Waals surface area contributed by atoms with Crippen molar-refractivity contribution in [2.75, 3.05) is 7.11 Å². The zero-order valence-electron chi connectivity index (χ0n) is 11.8. The molecule has 4 nitrogen and oxygen atoms in total. The first-order valence-corrected chi connectivity index (χ1v) is 7.13. The highest BCUT2D eigenvalue weighted by molar-refractivity contribution is 9.10. The van der Waals surface area contributed by atoms with Gasteiger partial charge in [-0.15, -0.1) is 0 Å². The van der Waals surface area contributed by atoms with Crippen LogP contribution >= 0.6 is 15.9 Å². The van der Waals surface area contributed by atoms with E-state index in [1.54, 1.807) is 19.4 Å². The fourth-order valence-electron chi connectivity index (χ4n) is 1.82. The van der Waals surface area contributed by atoms with Crippen LogP contribution in [0.3, 0.4) is 0 Å². The first-order valence-electron chi connectivity index (χ1n) is 6.34. The second-order valence-corrected chi connectivity index (χ2v) is 5.26. The summed E-state index contributed by atoms with van der Waals surface area (Å²) in [6.45, 7) is 1.89. The first-order chi connectivity index (χ1) is 10.1. The third-order valence-corrected chi connectivity index (χ3v) is 3.56. The Morgan fingerprint density at radius 3 is 2.71 bits per heavy atom. The highest BCUT2D eigenvalue weighted by Gasteiger charge is 2.06. The van der Waals surface area contributed by atoms with Crippen LogP contribution in [0.25, 0.3) is 0 Å². The summed E-state index contributed by atoms with van der Waals surface area (Å²) >= 11 is 3.40. The minimum Gasteiger partial charge on any atom is -0.496 e. The Morgan fingerprint density at radius 2 is 2.05 bits per heavy atom. The van der Waals surface area contributed by atoms with E-state index in [0.717, 1.165) is 21.3 Å². The summed E-state index contributed by atoms with van der Waals surface area (Å²) in [5, 5.41) is 3.97. The molecule has 0 fully saturated rings.